The number of fused-ring (bicyclic) bond motifs is 1. The first kappa shape index (κ1) is 9.92. The van der Waals surface area contributed by atoms with E-state index in [0.717, 1.165) is 13.0 Å². The first-order chi connectivity index (χ1) is 6.48. The number of hydrogen-bond donors (Lipinski definition) is 0. The summed E-state index contributed by atoms with van der Waals surface area (Å²) < 4.78 is 0. The van der Waals surface area contributed by atoms with Gasteiger partial charge >= 0.3 is 0 Å². The highest BCUT2D eigenvalue weighted by Crippen LogP contribution is 2.30. The normalized spacial score (nSPS) is 15.9. The molecule has 2 rings (SSSR count). The molecule has 0 spiro atoms. The van der Waals surface area contributed by atoms with Gasteiger partial charge in [0.15, 0.2) is 0 Å². The Bertz CT molecular complexity index is 355. The molecular formula is C11H17N2P. The average molecular weight is 208 g/mol. The van der Waals surface area contributed by atoms with Crippen LogP contribution >= 0.6 is 9.24 Å². The smallest absolute Gasteiger partial charge is 0.132 e. The van der Waals surface area contributed by atoms with Gasteiger partial charge in [-0.25, -0.2) is 4.98 Å². The van der Waals surface area contributed by atoms with Gasteiger partial charge in [0.05, 0.1) is 0 Å². The molecule has 0 bridgehead atoms. The summed E-state index contributed by atoms with van der Waals surface area (Å²) in [4.78, 5) is 6.89. The van der Waals surface area contributed by atoms with Crippen molar-refractivity contribution in [1.82, 2.24) is 4.98 Å². The van der Waals surface area contributed by atoms with E-state index in [-0.39, 0.29) is 5.54 Å². The van der Waals surface area contributed by atoms with Crippen molar-refractivity contribution >= 4 is 20.4 Å². The van der Waals surface area contributed by atoms with Gasteiger partial charge < -0.3 is 4.90 Å². The highest BCUT2D eigenvalue weighted by molar-refractivity contribution is 7.27. The Morgan fingerprint density at radius 3 is 2.79 bits per heavy atom. The number of rotatable bonds is 0. The molecule has 1 aliphatic heterocycles. The highest BCUT2D eigenvalue weighted by Gasteiger charge is 2.29. The summed E-state index contributed by atoms with van der Waals surface area (Å²) in [6.07, 6.45) is 3.05. The van der Waals surface area contributed by atoms with Crippen molar-refractivity contribution in [2.75, 3.05) is 11.4 Å². The van der Waals surface area contributed by atoms with Crippen LogP contribution in [-0.4, -0.2) is 17.1 Å². The predicted octanol–water partition coefficient (Wildman–Crippen LogP) is 1.74. The van der Waals surface area contributed by atoms with Crippen LogP contribution in [0.15, 0.2) is 12.3 Å². The second kappa shape index (κ2) is 3.20. The first-order valence-corrected chi connectivity index (χ1v) is 5.58. The van der Waals surface area contributed by atoms with Crippen LogP contribution < -0.4 is 10.2 Å². The zero-order chi connectivity index (χ0) is 10.3. The molecule has 1 aliphatic rings. The molecule has 2 nitrogen and oxygen atoms in total. The standard InChI is InChI=1S/C11H17N2P/c1-11(2,3)13-5-4-8-6-9(14)7-12-10(8)13/h6-7H,4-5,14H2,1-3H3. The van der Waals surface area contributed by atoms with Crippen molar-refractivity contribution in [2.24, 2.45) is 0 Å². The molecule has 76 valence electrons. The van der Waals surface area contributed by atoms with E-state index < -0.39 is 0 Å². The molecule has 0 radical (unpaired) electrons. The lowest BCUT2D eigenvalue weighted by molar-refractivity contribution is 0.514. The summed E-state index contributed by atoms with van der Waals surface area (Å²) in [7, 11) is 2.70. The summed E-state index contributed by atoms with van der Waals surface area (Å²) in [6.45, 7) is 7.80. The van der Waals surface area contributed by atoms with Gasteiger partial charge in [-0.05, 0) is 44.1 Å². The fourth-order valence-corrected chi connectivity index (χ4v) is 2.22. The van der Waals surface area contributed by atoms with Crippen LogP contribution in [0.2, 0.25) is 0 Å². The zero-order valence-electron chi connectivity index (χ0n) is 9.04. The van der Waals surface area contributed by atoms with Crippen LogP contribution in [0.1, 0.15) is 26.3 Å². The summed E-state index contributed by atoms with van der Waals surface area (Å²) in [5, 5.41) is 1.18. The van der Waals surface area contributed by atoms with Crippen LogP contribution in [0, 0.1) is 0 Å². The molecule has 1 atom stereocenters. The van der Waals surface area contributed by atoms with E-state index in [4.69, 9.17) is 0 Å². The Morgan fingerprint density at radius 1 is 1.43 bits per heavy atom. The number of pyridine rings is 1. The Morgan fingerprint density at radius 2 is 2.14 bits per heavy atom. The topological polar surface area (TPSA) is 16.1 Å². The van der Waals surface area contributed by atoms with Gasteiger partial charge in [0.2, 0.25) is 0 Å². The van der Waals surface area contributed by atoms with Crippen molar-refractivity contribution in [1.29, 1.82) is 0 Å². The molecule has 0 amide bonds. The van der Waals surface area contributed by atoms with E-state index >= 15 is 0 Å². The van der Waals surface area contributed by atoms with Crippen molar-refractivity contribution in [2.45, 2.75) is 32.7 Å². The van der Waals surface area contributed by atoms with Gasteiger partial charge in [-0.15, -0.1) is 9.24 Å². The molecule has 2 heterocycles. The van der Waals surface area contributed by atoms with Gasteiger partial charge in [0, 0.05) is 18.3 Å². The molecule has 14 heavy (non-hydrogen) atoms. The molecule has 1 aromatic heterocycles. The van der Waals surface area contributed by atoms with Crippen LogP contribution in [-0.2, 0) is 6.42 Å². The third-order valence-electron chi connectivity index (χ3n) is 2.63. The zero-order valence-corrected chi connectivity index (χ0v) is 10.2. The Labute approximate surface area is 87.9 Å². The molecule has 0 N–H and O–H groups in total. The van der Waals surface area contributed by atoms with Gasteiger partial charge in [-0.2, -0.15) is 0 Å². The minimum absolute atomic E-state index is 0.181. The summed E-state index contributed by atoms with van der Waals surface area (Å²) in [5.74, 6) is 1.17. The van der Waals surface area contributed by atoms with Crippen molar-refractivity contribution in [3.05, 3.63) is 17.8 Å². The van der Waals surface area contributed by atoms with Gasteiger partial charge in [-0.1, -0.05) is 0 Å². The molecule has 3 heteroatoms. The lowest BCUT2D eigenvalue weighted by Crippen LogP contribution is -2.40. The van der Waals surface area contributed by atoms with E-state index in [1.165, 1.54) is 16.7 Å². The van der Waals surface area contributed by atoms with Gasteiger partial charge in [-0.3, -0.25) is 0 Å². The first-order valence-electron chi connectivity index (χ1n) is 5.00. The van der Waals surface area contributed by atoms with Crippen molar-refractivity contribution in [3.63, 3.8) is 0 Å². The van der Waals surface area contributed by atoms with Gasteiger partial charge in [0.25, 0.3) is 0 Å². The third kappa shape index (κ3) is 1.64. The highest BCUT2D eigenvalue weighted by atomic mass is 31.0. The molecule has 0 aromatic carbocycles. The number of nitrogens with zero attached hydrogens (tertiary/aromatic N) is 2. The Balaban J connectivity index is 2.41. The molecule has 0 fully saturated rings. The van der Waals surface area contributed by atoms with Crippen molar-refractivity contribution < 1.29 is 0 Å². The summed E-state index contributed by atoms with van der Waals surface area (Å²) in [5.41, 5.74) is 1.56. The third-order valence-corrected chi connectivity index (χ3v) is 2.95. The van der Waals surface area contributed by atoms with E-state index in [1.807, 2.05) is 6.20 Å². The number of anilines is 1. The summed E-state index contributed by atoms with van der Waals surface area (Å²) >= 11 is 0. The molecule has 0 saturated carbocycles. The van der Waals surface area contributed by atoms with E-state index in [9.17, 15) is 0 Å². The lowest BCUT2D eigenvalue weighted by Gasteiger charge is -2.33. The van der Waals surface area contributed by atoms with Crippen molar-refractivity contribution in [3.8, 4) is 0 Å². The predicted molar refractivity (Wildman–Crippen MR) is 64.4 cm³/mol. The van der Waals surface area contributed by atoms with E-state index in [0.29, 0.717) is 0 Å². The second-order valence-corrected chi connectivity index (χ2v) is 5.49. The van der Waals surface area contributed by atoms with E-state index in [2.05, 4.69) is 46.0 Å². The Hall–Kier alpha value is -0.620. The molecular weight excluding hydrogens is 191 g/mol. The quantitative estimate of drug-likeness (QED) is 0.604. The van der Waals surface area contributed by atoms with Gasteiger partial charge in [0.1, 0.15) is 5.82 Å². The minimum atomic E-state index is 0.181. The van der Waals surface area contributed by atoms with E-state index in [1.54, 1.807) is 0 Å². The molecule has 0 aliphatic carbocycles. The maximum Gasteiger partial charge on any atom is 0.132 e. The maximum absolute atomic E-state index is 4.51. The van der Waals surface area contributed by atoms with Crippen LogP contribution in [0.25, 0.3) is 0 Å². The van der Waals surface area contributed by atoms with Crippen LogP contribution in [0.5, 0.6) is 0 Å². The summed E-state index contributed by atoms with van der Waals surface area (Å²) in [6, 6.07) is 2.22. The lowest BCUT2D eigenvalue weighted by atomic mass is 10.1. The molecule has 1 unspecified atom stereocenters. The number of hydrogen-bond acceptors (Lipinski definition) is 2. The van der Waals surface area contributed by atoms with Crippen LogP contribution in [0.3, 0.4) is 0 Å². The molecule has 1 aromatic rings. The fourth-order valence-electron chi connectivity index (χ4n) is 1.94. The maximum atomic E-state index is 4.51. The largest absolute Gasteiger partial charge is 0.351 e. The average Bonchev–Trinajstić information content (AvgIpc) is 2.45. The Kier molecular flexibility index (Phi) is 2.27. The monoisotopic (exact) mass is 208 g/mol. The molecule has 0 saturated heterocycles. The minimum Gasteiger partial charge on any atom is -0.351 e. The fraction of sp³-hybridized carbons (Fsp3) is 0.545. The second-order valence-electron chi connectivity index (χ2n) is 4.82. The number of aromatic nitrogens is 1. The van der Waals surface area contributed by atoms with Crippen LogP contribution in [0.4, 0.5) is 5.82 Å². The SMILES string of the molecule is CC(C)(C)N1CCc2cc(P)cnc21.